The van der Waals surface area contributed by atoms with Gasteiger partial charge in [0.25, 0.3) is 5.56 Å². The molecule has 10 heteroatoms. The summed E-state index contributed by atoms with van der Waals surface area (Å²) in [5.41, 5.74) is 1.46. The summed E-state index contributed by atoms with van der Waals surface area (Å²) in [7, 11) is 1.46. The molecule has 0 unspecified atom stereocenters. The number of halogens is 1. The molecule has 0 radical (unpaired) electrons. The van der Waals surface area contributed by atoms with E-state index in [-0.39, 0.29) is 17.5 Å². The number of fused-ring (bicyclic) bond motifs is 1. The fourth-order valence-electron chi connectivity index (χ4n) is 4.14. The second-order valence-corrected chi connectivity index (χ2v) is 9.04. The van der Waals surface area contributed by atoms with Crippen LogP contribution in [0.2, 0.25) is 0 Å². The molecular weight excluding hydrogens is 463 g/mol. The predicted octanol–water partition coefficient (Wildman–Crippen LogP) is 3.72. The molecule has 0 saturated heterocycles. The first-order valence-electron chi connectivity index (χ1n) is 11.5. The fraction of sp³-hybridized carbons (Fsp3) is 0.231. The van der Waals surface area contributed by atoms with Gasteiger partial charge in [0, 0.05) is 19.8 Å². The van der Waals surface area contributed by atoms with Gasteiger partial charge in [-0.3, -0.25) is 13.9 Å². The zero-order chi connectivity index (χ0) is 25.4. The highest BCUT2D eigenvalue weighted by atomic mass is 19.1. The maximum atomic E-state index is 13.5. The van der Waals surface area contributed by atoms with Gasteiger partial charge >= 0.3 is 5.69 Å². The van der Waals surface area contributed by atoms with Crippen molar-refractivity contribution in [2.24, 2.45) is 13.0 Å². The second kappa shape index (κ2) is 9.29. The van der Waals surface area contributed by atoms with Crippen molar-refractivity contribution in [2.45, 2.75) is 26.9 Å². The van der Waals surface area contributed by atoms with Gasteiger partial charge in [-0.15, -0.1) is 0 Å². The van der Waals surface area contributed by atoms with Crippen LogP contribution in [0.4, 0.5) is 4.39 Å². The Bertz CT molecular complexity index is 1630. The summed E-state index contributed by atoms with van der Waals surface area (Å²) >= 11 is 0. The van der Waals surface area contributed by atoms with E-state index in [1.165, 1.54) is 37.6 Å². The first kappa shape index (κ1) is 23.3. The van der Waals surface area contributed by atoms with Crippen LogP contribution in [0.15, 0.2) is 77.0 Å². The van der Waals surface area contributed by atoms with Gasteiger partial charge in [0.05, 0.1) is 17.7 Å². The van der Waals surface area contributed by atoms with Crippen LogP contribution in [0, 0.1) is 11.7 Å². The largest absolute Gasteiger partial charge is 0.440 e. The number of aromatic nitrogens is 6. The van der Waals surface area contributed by atoms with Gasteiger partial charge in [-0.1, -0.05) is 26.0 Å². The van der Waals surface area contributed by atoms with Crippen molar-refractivity contribution >= 4 is 10.9 Å². The van der Waals surface area contributed by atoms with Crippen LogP contribution in [0.5, 0.6) is 11.6 Å². The lowest BCUT2D eigenvalue weighted by Gasteiger charge is -2.12. The van der Waals surface area contributed by atoms with Gasteiger partial charge in [0.2, 0.25) is 5.88 Å². The molecule has 36 heavy (non-hydrogen) atoms. The van der Waals surface area contributed by atoms with Crippen molar-refractivity contribution in [3.63, 3.8) is 0 Å². The Labute approximate surface area is 205 Å². The molecule has 5 aromatic rings. The quantitative estimate of drug-likeness (QED) is 0.348. The highest BCUT2D eigenvalue weighted by Gasteiger charge is 2.22. The number of hydrogen-bond acceptors (Lipinski definition) is 5. The van der Waals surface area contributed by atoms with Gasteiger partial charge in [0.15, 0.2) is 0 Å². The zero-order valence-electron chi connectivity index (χ0n) is 20.1. The molecule has 0 atom stereocenters. The summed E-state index contributed by atoms with van der Waals surface area (Å²) < 4.78 is 25.8. The van der Waals surface area contributed by atoms with Crippen LogP contribution >= 0.6 is 0 Å². The van der Waals surface area contributed by atoms with E-state index in [2.05, 4.69) is 10.1 Å². The lowest BCUT2D eigenvalue weighted by atomic mass is 10.2. The summed E-state index contributed by atoms with van der Waals surface area (Å²) in [6.07, 6.45) is 4.85. The zero-order valence-corrected chi connectivity index (χ0v) is 20.1. The Hall–Kier alpha value is -4.47. The summed E-state index contributed by atoms with van der Waals surface area (Å²) in [4.78, 5) is 30.2. The predicted molar refractivity (Wildman–Crippen MR) is 133 cm³/mol. The standard InChI is InChI=1S/C26H25FN6O3/c1-17(2)12-32-22-14-31(13-18-4-8-20(9-5-18)33-16-28-15-29-33)25(23(22)24(34)30(3)26(32)35)36-21-10-6-19(27)7-11-21/h4-11,14-17H,12-13H2,1-3H3. The fourth-order valence-corrected chi connectivity index (χ4v) is 4.14. The van der Waals surface area contributed by atoms with Crippen LogP contribution in [0.1, 0.15) is 19.4 Å². The monoisotopic (exact) mass is 488 g/mol. The van der Waals surface area contributed by atoms with E-state index in [1.807, 2.05) is 38.1 Å². The van der Waals surface area contributed by atoms with Crippen molar-refractivity contribution in [2.75, 3.05) is 0 Å². The van der Waals surface area contributed by atoms with E-state index in [0.717, 1.165) is 15.8 Å². The molecule has 184 valence electrons. The van der Waals surface area contributed by atoms with Crippen molar-refractivity contribution in [1.82, 2.24) is 28.5 Å². The summed E-state index contributed by atoms with van der Waals surface area (Å²) in [5, 5.41) is 4.43. The van der Waals surface area contributed by atoms with E-state index in [9.17, 15) is 14.0 Å². The molecular formula is C26H25FN6O3. The molecule has 3 heterocycles. The normalized spacial score (nSPS) is 11.5. The Balaban J connectivity index is 1.65. The minimum Gasteiger partial charge on any atom is -0.440 e. The molecule has 9 nitrogen and oxygen atoms in total. The number of rotatable bonds is 7. The molecule has 3 aromatic heterocycles. The van der Waals surface area contributed by atoms with Crippen molar-refractivity contribution in [3.8, 4) is 17.3 Å². The average Bonchev–Trinajstić information content (AvgIpc) is 3.51. The Morgan fingerprint density at radius 2 is 1.75 bits per heavy atom. The van der Waals surface area contributed by atoms with Crippen molar-refractivity contribution in [3.05, 3.63) is 99.6 Å². The molecule has 0 aliphatic carbocycles. The number of hydrogen-bond donors (Lipinski definition) is 0. The smallest absolute Gasteiger partial charge is 0.331 e. The van der Waals surface area contributed by atoms with E-state index in [0.29, 0.717) is 29.7 Å². The van der Waals surface area contributed by atoms with Gasteiger partial charge in [0.1, 0.15) is 29.6 Å². The van der Waals surface area contributed by atoms with Gasteiger partial charge in [-0.25, -0.2) is 18.9 Å². The third-order valence-electron chi connectivity index (χ3n) is 5.88. The van der Waals surface area contributed by atoms with Crippen LogP contribution in [-0.4, -0.2) is 28.5 Å². The highest BCUT2D eigenvalue weighted by Crippen LogP contribution is 2.31. The molecule has 0 aliphatic rings. The number of nitrogens with zero attached hydrogens (tertiary/aromatic N) is 6. The van der Waals surface area contributed by atoms with Crippen LogP contribution in [-0.2, 0) is 20.1 Å². The van der Waals surface area contributed by atoms with Crippen molar-refractivity contribution < 1.29 is 9.13 Å². The molecule has 2 aromatic carbocycles. The van der Waals surface area contributed by atoms with Crippen LogP contribution in [0.3, 0.4) is 0 Å². The maximum Gasteiger partial charge on any atom is 0.331 e. The minimum absolute atomic E-state index is 0.178. The summed E-state index contributed by atoms with van der Waals surface area (Å²) in [6.45, 7) is 4.83. The first-order chi connectivity index (χ1) is 17.3. The Morgan fingerprint density at radius 3 is 2.39 bits per heavy atom. The van der Waals surface area contributed by atoms with Gasteiger partial charge in [-0.05, 0) is 47.9 Å². The number of ether oxygens (including phenoxy) is 1. The third-order valence-corrected chi connectivity index (χ3v) is 5.88. The molecule has 0 bridgehead atoms. The molecule has 0 spiro atoms. The lowest BCUT2D eigenvalue weighted by molar-refractivity contribution is 0.439. The molecule has 0 amide bonds. The van der Waals surface area contributed by atoms with E-state index in [1.54, 1.807) is 26.3 Å². The topological polar surface area (TPSA) is 88.9 Å². The Kier molecular flexibility index (Phi) is 6.01. The average molecular weight is 489 g/mol. The lowest BCUT2D eigenvalue weighted by Crippen LogP contribution is -2.38. The summed E-state index contributed by atoms with van der Waals surface area (Å²) in [6, 6.07) is 13.3. The van der Waals surface area contributed by atoms with Crippen LogP contribution < -0.4 is 16.0 Å². The number of benzene rings is 2. The SMILES string of the molecule is CC(C)Cn1c(=O)n(C)c(=O)c2c(Oc3ccc(F)cc3)n(Cc3ccc(-n4cncn4)cc3)cc21. The first-order valence-corrected chi connectivity index (χ1v) is 11.5. The molecule has 0 saturated carbocycles. The molecule has 0 aliphatic heterocycles. The van der Waals surface area contributed by atoms with Crippen molar-refractivity contribution in [1.29, 1.82) is 0 Å². The van der Waals surface area contributed by atoms with Gasteiger partial charge < -0.3 is 9.30 Å². The summed E-state index contributed by atoms with van der Waals surface area (Å²) in [5.74, 6) is 0.451. The van der Waals surface area contributed by atoms with Crippen LogP contribution in [0.25, 0.3) is 16.6 Å². The highest BCUT2D eigenvalue weighted by molar-refractivity contribution is 5.85. The maximum absolute atomic E-state index is 13.5. The molecule has 0 fully saturated rings. The molecule has 0 N–H and O–H groups in total. The third kappa shape index (κ3) is 4.33. The van der Waals surface area contributed by atoms with E-state index in [4.69, 9.17) is 4.74 Å². The van der Waals surface area contributed by atoms with E-state index < -0.39 is 11.4 Å². The van der Waals surface area contributed by atoms with E-state index >= 15 is 0 Å². The Morgan fingerprint density at radius 1 is 1.03 bits per heavy atom. The van der Waals surface area contributed by atoms with Gasteiger partial charge in [-0.2, -0.15) is 5.10 Å². The second-order valence-electron chi connectivity index (χ2n) is 9.04. The minimum atomic E-state index is -0.451. The molecule has 5 rings (SSSR count).